The van der Waals surface area contributed by atoms with E-state index < -0.39 is 0 Å². The van der Waals surface area contributed by atoms with Gasteiger partial charge in [-0.3, -0.25) is 0 Å². The van der Waals surface area contributed by atoms with Crippen LogP contribution in [0.25, 0.3) is 22.3 Å². The first-order chi connectivity index (χ1) is 12.8. The average Bonchev–Trinajstić information content (AvgIpc) is 2.59. The number of hydrogen-bond acceptors (Lipinski definition) is 4. The number of fused-ring (bicyclic) bond motifs is 1. The molecule has 0 saturated carbocycles. The molecular formula is C23H28N4. The smallest absolute Gasteiger partial charge is 0.162 e. The van der Waals surface area contributed by atoms with Crippen LogP contribution >= 0.6 is 0 Å². The maximum atomic E-state index is 4.92. The van der Waals surface area contributed by atoms with Gasteiger partial charge >= 0.3 is 0 Å². The number of rotatable bonds is 3. The van der Waals surface area contributed by atoms with Crippen molar-refractivity contribution in [3.63, 3.8) is 0 Å². The summed E-state index contributed by atoms with van der Waals surface area (Å²) in [5.74, 6) is 1.70. The molecule has 0 amide bonds. The summed E-state index contributed by atoms with van der Waals surface area (Å²) in [7, 11) is 0. The lowest BCUT2D eigenvalue weighted by molar-refractivity contribution is 0.170. The molecule has 0 bridgehead atoms. The lowest BCUT2D eigenvalue weighted by Gasteiger charge is -2.46. The van der Waals surface area contributed by atoms with Gasteiger partial charge in [-0.2, -0.15) is 0 Å². The molecule has 4 heteroatoms. The third-order valence-electron chi connectivity index (χ3n) is 5.17. The Morgan fingerprint density at radius 3 is 2.19 bits per heavy atom. The lowest BCUT2D eigenvalue weighted by Crippen LogP contribution is -2.60. The lowest BCUT2D eigenvalue weighted by atomic mass is 9.79. The van der Waals surface area contributed by atoms with E-state index in [2.05, 4.69) is 68.7 Å². The van der Waals surface area contributed by atoms with Gasteiger partial charge in [0.2, 0.25) is 0 Å². The molecule has 1 saturated heterocycles. The summed E-state index contributed by atoms with van der Waals surface area (Å²) in [4.78, 5) is 9.71. The fourth-order valence-electron chi connectivity index (χ4n) is 4.52. The van der Waals surface area contributed by atoms with Gasteiger partial charge in [-0.05, 0) is 52.7 Å². The minimum absolute atomic E-state index is 0.0878. The highest BCUT2D eigenvalue weighted by Crippen LogP contribution is 2.32. The summed E-state index contributed by atoms with van der Waals surface area (Å²) in [6, 6.07) is 18.8. The number of aromatic nitrogens is 2. The molecule has 0 spiro atoms. The van der Waals surface area contributed by atoms with Gasteiger partial charge in [-0.1, -0.05) is 42.5 Å². The highest BCUT2D eigenvalue weighted by atomic mass is 15.1. The molecule has 1 aliphatic heterocycles. The quantitative estimate of drug-likeness (QED) is 0.689. The van der Waals surface area contributed by atoms with E-state index in [9.17, 15) is 0 Å². The third-order valence-corrected chi connectivity index (χ3v) is 5.17. The van der Waals surface area contributed by atoms with Crippen LogP contribution < -0.4 is 10.6 Å². The Morgan fingerprint density at radius 1 is 0.852 bits per heavy atom. The van der Waals surface area contributed by atoms with Crippen LogP contribution in [0.4, 0.5) is 5.82 Å². The predicted octanol–water partition coefficient (Wildman–Crippen LogP) is 5.02. The van der Waals surface area contributed by atoms with E-state index in [1.54, 1.807) is 0 Å². The average molecular weight is 361 g/mol. The van der Waals surface area contributed by atoms with Crippen molar-refractivity contribution in [2.24, 2.45) is 0 Å². The normalized spacial score (nSPS) is 19.1. The first-order valence-corrected chi connectivity index (χ1v) is 9.69. The van der Waals surface area contributed by atoms with Crippen LogP contribution in [0.1, 0.15) is 40.5 Å². The number of para-hydroxylation sites is 1. The van der Waals surface area contributed by atoms with Crippen molar-refractivity contribution in [1.82, 2.24) is 15.3 Å². The monoisotopic (exact) mass is 360 g/mol. The molecule has 2 aromatic carbocycles. The van der Waals surface area contributed by atoms with Gasteiger partial charge < -0.3 is 10.6 Å². The Balaban J connectivity index is 1.74. The Bertz CT molecular complexity index is 931. The standard InChI is InChI=1S/C23H28N4/c1-22(2)14-17(15-23(3,4)27-22)24-21-18-12-8-9-13-19(18)25-20(26-21)16-10-6-5-7-11-16/h5-13,17,27H,14-15H2,1-4H3,(H,24,25,26). The Morgan fingerprint density at radius 2 is 1.48 bits per heavy atom. The predicted molar refractivity (Wildman–Crippen MR) is 113 cm³/mol. The number of nitrogens with zero attached hydrogens (tertiary/aromatic N) is 2. The van der Waals surface area contributed by atoms with Gasteiger partial charge in [-0.25, -0.2) is 9.97 Å². The maximum Gasteiger partial charge on any atom is 0.162 e. The van der Waals surface area contributed by atoms with Crippen molar-refractivity contribution in [1.29, 1.82) is 0 Å². The minimum Gasteiger partial charge on any atom is -0.367 e. The van der Waals surface area contributed by atoms with Crippen molar-refractivity contribution in [2.75, 3.05) is 5.32 Å². The molecule has 1 aromatic heterocycles. The Hall–Kier alpha value is -2.46. The molecule has 3 aromatic rings. The van der Waals surface area contributed by atoms with Crippen molar-refractivity contribution >= 4 is 16.7 Å². The maximum absolute atomic E-state index is 4.92. The highest BCUT2D eigenvalue weighted by Gasteiger charge is 2.37. The van der Waals surface area contributed by atoms with Crippen LogP contribution in [0.2, 0.25) is 0 Å². The van der Waals surface area contributed by atoms with Crippen LogP contribution in [0.5, 0.6) is 0 Å². The van der Waals surface area contributed by atoms with Gasteiger partial charge in [0.1, 0.15) is 5.82 Å². The molecule has 27 heavy (non-hydrogen) atoms. The SMILES string of the molecule is CC1(C)CC(Nc2nc(-c3ccccc3)nc3ccccc23)CC(C)(C)N1. The molecule has 0 unspecified atom stereocenters. The molecule has 2 N–H and O–H groups in total. The van der Waals surface area contributed by atoms with Gasteiger partial charge in [0.25, 0.3) is 0 Å². The van der Waals surface area contributed by atoms with E-state index in [1.165, 1.54) is 0 Å². The van der Waals surface area contributed by atoms with Crippen molar-refractivity contribution in [3.8, 4) is 11.4 Å². The molecular weight excluding hydrogens is 332 g/mol. The zero-order chi connectivity index (χ0) is 19.1. The highest BCUT2D eigenvalue weighted by molar-refractivity contribution is 5.90. The number of nitrogens with one attached hydrogen (secondary N) is 2. The van der Waals surface area contributed by atoms with Crippen LogP contribution in [-0.4, -0.2) is 27.1 Å². The summed E-state index contributed by atoms with van der Waals surface area (Å²) in [6.45, 7) is 9.10. The topological polar surface area (TPSA) is 49.8 Å². The first-order valence-electron chi connectivity index (χ1n) is 9.69. The number of anilines is 1. The van der Waals surface area contributed by atoms with E-state index in [0.717, 1.165) is 41.0 Å². The summed E-state index contributed by atoms with van der Waals surface area (Å²) in [5, 5.41) is 8.58. The van der Waals surface area contributed by atoms with E-state index in [0.29, 0.717) is 6.04 Å². The molecule has 2 heterocycles. The third kappa shape index (κ3) is 3.96. The second-order valence-electron chi connectivity index (χ2n) is 8.92. The molecule has 4 rings (SSSR count). The molecule has 0 radical (unpaired) electrons. The fourth-order valence-corrected chi connectivity index (χ4v) is 4.52. The van der Waals surface area contributed by atoms with Crippen LogP contribution in [0.3, 0.4) is 0 Å². The zero-order valence-electron chi connectivity index (χ0n) is 16.6. The molecule has 0 atom stereocenters. The van der Waals surface area contributed by atoms with Crippen molar-refractivity contribution in [2.45, 2.75) is 57.7 Å². The largest absolute Gasteiger partial charge is 0.367 e. The molecule has 4 nitrogen and oxygen atoms in total. The number of hydrogen-bond donors (Lipinski definition) is 2. The molecule has 0 aliphatic carbocycles. The second-order valence-corrected chi connectivity index (χ2v) is 8.92. The van der Waals surface area contributed by atoms with Gasteiger partial charge in [0.05, 0.1) is 5.52 Å². The van der Waals surface area contributed by atoms with Crippen molar-refractivity contribution < 1.29 is 0 Å². The molecule has 1 aliphatic rings. The number of piperidine rings is 1. The number of benzene rings is 2. The zero-order valence-corrected chi connectivity index (χ0v) is 16.6. The van der Waals surface area contributed by atoms with Crippen LogP contribution in [0, 0.1) is 0 Å². The summed E-state index contributed by atoms with van der Waals surface area (Å²) in [6.07, 6.45) is 2.10. The van der Waals surface area contributed by atoms with Crippen LogP contribution in [0.15, 0.2) is 54.6 Å². The molecule has 140 valence electrons. The summed E-state index contributed by atoms with van der Waals surface area (Å²) < 4.78 is 0. The van der Waals surface area contributed by atoms with Gasteiger partial charge in [-0.15, -0.1) is 0 Å². The first kappa shape index (κ1) is 17.9. The van der Waals surface area contributed by atoms with Gasteiger partial charge in [0, 0.05) is 28.1 Å². The second kappa shape index (κ2) is 6.61. The van der Waals surface area contributed by atoms with Gasteiger partial charge in [0.15, 0.2) is 5.82 Å². The molecule has 1 fully saturated rings. The van der Waals surface area contributed by atoms with E-state index in [1.807, 2.05) is 24.3 Å². The fraction of sp³-hybridized carbons (Fsp3) is 0.391. The Labute approximate surface area is 161 Å². The van der Waals surface area contributed by atoms with Crippen LogP contribution in [-0.2, 0) is 0 Å². The van der Waals surface area contributed by atoms with E-state index in [4.69, 9.17) is 9.97 Å². The van der Waals surface area contributed by atoms with E-state index in [-0.39, 0.29) is 11.1 Å². The summed E-state index contributed by atoms with van der Waals surface area (Å²) >= 11 is 0. The summed E-state index contributed by atoms with van der Waals surface area (Å²) in [5.41, 5.74) is 2.19. The van der Waals surface area contributed by atoms with Crippen molar-refractivity contribution in [3.05, 3.63) is 54.6 Å². The Kier molecular flexibility index (Phi) is 4.39. The van der Waals surface area contributed by atoms with E-state index >= 15 is 0 Å². The minimum atomic E-state index is 0.0878.